The average Bonchev–Trinajstić information content (AvgIpc) is 2.61. The molecule has 3 heteroatoms. The van der Waals surface area contributed by atoms with E-state index in [-0.39, 0.29) is 0 Å². The number of aromatic nitrogens is 2. The van der Waals surface area contributed by atoms with Gasteiger partial charge < -0.3 is 4.57 Å². The Kier molecular flexibility index (Phi) is 14.9. The Morgan fingerprint density at radius 3 is 2.08 bits per heavy atom. The van der Waals surface area contributed by atoms with E-state index in [0.29, 0.717) is 0 Å². The molecule has 1 aromatic rings. The predicted octanol–water partition coefficient (Wildman–Crippen LogP) is 3.13. The molecule has 0 aliphatic rings. The highest BCUT2D eigenvalue weighted by Crippen LogP contribution is 1.76. The summed E-state index contributed by atoms with van der Waals surface area (Å²) in [6.07, 6.45) is 6.36. The van der Waals surface area contributed by atoms with Crippen molar-refractivity contribution in [2.45, 2.75) is 34.1 Å². The number of hydrogen-bond donors (Lipinski definition) is 0. The Morgan fingerprint density at radius 1 is 1.42 bits per heavy atom. The smallest absolute Gasteiger partial charge is 0.0993 e. The third kappa shape index (κ3) is 9.30. The molecule has 0 spiro atoms. The summed E-state index contributed by atoms with van der Waals surface area (Å²) in [7, 11) is 0. The fourth-order valence-corrected chi connectivity index (χ4v) is 0.456. The van der Waals surface area contributed by atoms with E-state index in [1.54, 1.807) is 23.3 Å². The van der Waals surface area contributed by atoms with Gasteiger partial charge >= 0.3 is 0 Å². The van der Waals surface area contributed by atoms with Gasteiger partial charge in [-0.05, 0) is 0 Å². The van der Waals surface area contributed by atoms with Gasteiger partial charge in [0.25, 0.3) is 0 Å². The predicted molar refractivity (Wildman–Crippen MR) is 58.6 cm³/mol. The van der Waals surface area contributed by atoms with Crippen LogP contribution in [0.1, 0.15) is 34.1 Å². The van der Waals surface area contributed by atoms with Crippen molar-refractivity contribution >= 4 is 17.7 Å². The summed E-state index contributed by atoms with van der Waals surface area (Å²) >= 11 is 4.57. The second-order valence-electron chi connectivity index (χ2n) is 1.82. The first-order valence-corrected chi connectivity index (χ1v) is 4.75. The Balaban J connectivity index is 0. The van der Waals surface area contributed by atoms with Gasteiger partial charge in [0, 0.05) is 12.4 Å². The van der Waals surface area contributed by atoms with E-state index in [9.17, 15) is 0 Å². The lowest BCUT2D eigenvalue weighted by molar-refractivity contribution is 1.09. The molecule has 0 N–H and O–H groups in total. The van der Waals surface area contributed by atoms with Gasteiger partial charge in [-0.2, -0.15) is 0 Å². The summed E-state index contributed by atoms with van der Waals surface area (Å²) in [5, 5.41) is 0. The molecule has 0 aliphatic heterocycles. The van der Waals surface area contributed by atoms with Crippen molar-refractivity contribution in [2.75, 3.05) is 0 Å². The molecule has 0 fully saturated rings. The SMILES string of the molecule is CC.CCC.S=Cn1ccnc1. The van der Waals surface area contributed by atoms with Crippen LogP contribution in [0.25, 0.3) is 0 Å². The molecule has 0 aliphatic carbocycles. The van der Waals surface area contributed by atoms with Gasteiger partial charge in [0.2, 0.25) is 0 Å². The Morgan fingerprint density at radius 2 is 1.92 bits per heavy atom. The molecule has 0 saturated carbocycles. The molecule has 2 nitrogen and oxygen atoms in total. The molecule has 0 radical (unpaired) electrons. The number of rotatable bonds is 1. The largest absolute Gasteiger partial charge is 0.303 e. The van der Waals surface area contributed by atoms with Crippen LogP contribution in [0.5, 0.6) is 0 Å². The minimum atomic E-state index is 1.25. The van der Waals surface area contributed by atoms with Crippen molar-refractivity contribution in [3.05, 3.63) is 18.7 Å². The van der Waals surface area contributed by atoms with Gasteiger partial charge in [0.15, 0.2) is 0 Å². The van der Waals surface area contributed by atoms with Crippen LogP contribution in [-0.2, 0) is 0 Å². The van der Waals surface area contributed by atoms with Gasteiger partial charge in [-0.25, -0.2) is 4.98 Å². The van der Waals surface area contributed by atoms with E-state index >= 15 is 0 Å². The molecule has 1 aromatic heterocycles. The van der Waals surface area contributed by atoms with E-state index in [0.717, 1.165) is 0 Å². The van der Waals surface area contributed by atoms with E-state index in [4.69, 9.17) is 0 Å². The molecule has 12 heavy (non-hydrogen) atoms. The molecule has 1 rings (SSSR count). The number of thiocarbonyl (C=S) groups is 1. The molecule has 0 aromatic carbocycles. The zero-order chi connectivity index (χ0) is 9.82. The van der Waals surface area contributed by atoms with E-state index in [1.165, 1.54) is 11.9 Å². The summed E-state index contributed by atoms with van der Waals surface area (Å²) in [6, 6.07) is 0. The van der Waals surface area contributed by atoms with Gasteiger partial charge in [-0.1, -0.05) is 46.3 Å². The number of nitrogens with zero attached hydrogens (tertiary/aromatic N) is 2. The zero-order valence-corrected chi connectivity index (χ0v) is 9.14. The minimum Gasteiger partial charge on any atom is -0.303 e. The molecule has 1 heterocycles. The molecule has 0 saturated heterocycles. The molecular weight excluding hydrogens is 168 g/mol. The first kappa shape index (κ1) is 13.9. The average molecular weight is 186 g/mol. The number of imidazole rings is 1. The van der Waals surface area contributed by atoms with Crippen molar-refractivity contribution in [3.63, 3.8) is 0 Å². The van der Waals surface area contributed by atoms with Gasteiger partial charge in [0.1, 0.15) is 0 Å². The van der Waals surface area contributed by atoms with Crippen LogP contribution < -0.4 is 0 Å². The van der Waals surface area contributed by atoms with Crippen LogP contribution in [0.2, 0.25) is 0 Å². The van der Waals surface area contributed by atoms with E-state index < -0.39 is 0 Å². The summed E-state index contributed by atoms with van der Waals surface area (Å²) in [5.41, 5.74) is 1.52. The van der Waals surface area contributed by atoms with Gasteiger partial charge in [-0.15, -0.1) is 0 Å². The number of hydrogen-bond acceptors (Lipinski definition) is 2. The third-order valence-electron chi connectivity index (χ3n) is 0.647. The second kappa shape index (κ2) is 12.9. The quantitative estimate of drug-likeness (QED) is 0.627. The molecule has 0 atom stereocenters. The van der Waals surface area contributed by atoms with Crippen LogP contribution in [0.15, 0.2) is 18.7 Å². The molecule has 0 bridgehead atoms. The monoisotopic (exact) mass is 186 g/mol. The Labute approximate surface area is 80.6 Å². The van der Waals surface area contributed by atoms with E-state index in [2.05, 4.69) is 31.0 Å². The fourth-order valence-electron chi connectivity index (χ4n) is 0.332. The molecular formula is C9H18N2S. The standard InChI is InChI=1S/C4H4N2S.C3H8.C2H6/c7-4-6-2-1-5-3-6;1-3-2;1-2/h1-4H;3H2,1-2H3;1-2H3. The maximum Gasteiger partial charge on any atom is 0.0993 e. The summed E-state index contributed by atoms with van der Waals surface area (Å²) in [4.78, 5) is 3.76. The van der Waals surface area contributed by atoms with Gasteiger partial charge in [0.05, 0.1) is 11.8 Å². The maximum atomic E-state index is 4.57. The van der Waals surface area contributed by atoms with Crippen molar-refractivity contribution in [2.24, 2.45) is 0 Å². The van der Waals surface area contributed by atoms with Crippen LogP contribution >= 0.6 is 12.2 Å². The zero-order valence-electron chi connectivity index (χ0n) is 8.32. The third-order valence-corrected chi connectivity index (χ3v) is 0.890. The van der Waals surface area contributed by atoms with Crippen LogP contribution in [0.4, 0.5) is 0 Å². The van der Waals surface area contributed by atoms with Gasteiger partial charge in [-0.3, -0.25) is 0 Å². The highest BCUT2D eigenvalue weighted by molar-refractivity contribution is 7.78. The summed E-state index contributed by atoms with van der Waals surface area (Å²) in [5.74, 6) is 0. The summed E-state index contributed by atoms with van der Waals surface area (Å²) < 4.78 is 1.70. The minimum absolute atomic E-state index is 1.25. The Bertz CT molecular complexity index is 159. The van der Waals surface area contributed by atoms with Crippen molar-refractivity contribution in [1.82, 2.24) is 9.55 Å². The van der Waals surface area contributed by atoms with Crippen LogP contribution in [0.3, 0.4) is 0 Å². The molecule has 70 valence electrons. The van der Waals surface area contributed by atoms with Crippen LogP contribution in [-0.4, -0.2) is 15.0 Å². The topological polar surface area (TPSA) is 17.8 Å². The maximum absolute atomic E-state index is 4.57. The molecule has 0 amide bonds. The van der Waals surface area contributed by atoms with Crippen molar-refractivity contribution in [3.8, 4) is 0 Å². The Hall–Kier alpha value is -0.700. The highest BCUT2D eigenvalue weighted by Gasteiger charge is 1.74. The normalized spacial score (nSPS) is 7.00. The lowest BCUT2D eigenvalue weighted by Gasteiger charge is -1.78. The van der Waals surface area contributed by atoms with Crippen molar-refractivity contribution in [1.29, 1.82) is 0 Å². The lowest BCUT2D eigenvalue weighted by atomic mass is 10.6. The second-order valence-corrected chi connectivity index (χ2v) is 2.03. The van der Waals surface area contributed by atoms with Crippen molar-refractivity contribution < 1.29 is 0 Å². The summed E-state index contributed by atoms with van der Waals surface area (Å²) in [6.45, 7) is 8.25. The first-order valence-electron chi connectivity index (χ1n) is 4.27. The van der Waals surface area contributed by atoms with E-state index in [1.807, 2.05) is 13.8 Å². The highest BCUT2D eigenvalue weighted by atomic mass is 32.1. The van der Waals surface area contributed by atoms with Crippen LogP contribution in [0, 0.1) is 0 Å². The molecule has 0 unspecified atom stereocenters. The fraction of sp³-hybridized carbons (Fsp3) is 0.556. The first-order chi connectivity index (χ1) is 5.85. The lowest BCUT2D eigenvalue weighted by Crippen LogP contribution is -1.83.